The Morgan fingerprint density at radius 1 is 0.872 bits per heavy atom. The summed E-state index contributed by atoms with van der Waals surface area (Å²) in [6, 6.07) is 21.1. The highest BCUT2D eigenvalue weighted by molar-refractivity contribution is 7.99. The van der Waals surface area contributed by atoms with Crippen molar-refractivity contribution in [2.45, 2.75) is 34.5 Å². The van der Waals surface area contributed by atoms with Crippen LogP contribution in [0.3, 0.4) is 0 Å². The highest BCUT2D eigenvalue weighted by Gasteiger charge is 2.28. The average molecular weight is 702 g/mol. The van der Waals surface area contributed by atoms with E-state index >= 15 is 0 Å². The lowest BCUT2D eigenvalue weighted by Gasteiger charge is -2.25. The number of thiophene rings is 2. The first-order chi connectivity index (χ1) is 23.0. The Balaban J connectivity index is 1.24. The maximum Gasteiger partial charge on any atom is 0.243 e. The highest BCUT2D eigenvalue weighted by Crippen LogP contribution is 2.42. The number of hydrogen-bond acceptors (Lipinski definition) is 11. The molecule has 0 unspecified atom stereocenters. The molecule has 0 saturated carbocycles. The molecule has 0 radical (unpaired) electrons. The number of sulfonamides is 1. The Hall–Kier alpha value is -3.50. The first kappa shape index (κ1) is 30.8. The van der Waals surface area contributed by atoms with Crippen molar-refractivity contribution in [3.05, 3.63) is 83.3 Å². The van der Waals surface area contributed by atoms with Crippen LogP contribution in [0.5, 0.6) is 0 Å². The minimum atomic E-state index is -3.61. The maximum absolute atomic E-state index is 13.5. The number of rotatable bonds is 9. The van der Waals surface area contributed by atoms with Crippen molar-refractivity contribution in [1.82, 2.24) is 33.9 Å². The van der Waals surface area contributed by atoms with Crippen LogP contribution < -0.4 is 0 Å². The fraction of sp³-hybridized carbons (Fsp3) is 0.273. The Morgan fingerprint density at radius 3 is 2.49 bits per heavy atom. The molecule has 2 saturated heterocycles. The molecule has 10 nitrogen and oxygen atoms in total. The molecule has 0 amide bonds. The van der Waals surface area contributed by atoms with Crippen LogP contribution in [0.2, 0.25) is 0 Å². The molecule has 0 aliphatic carbocycles. The van der Waals surface area contributed by atoms with Crippen molar-refractivity contribution in [2.24, 2.45) is 0 Å². The van der Waals surface area contributed by atoms with Crippen molar-refractivity contribution < 1.29 is 13.2 Å². The van der Waals surface area contributed by atoms with Gasteiger partial charge in [0, 0.05) is 53.3 Å². The topological polar surface area (TPSA) is 106 Å². The van der Waals surface area contributed by atoms with E-state index in [4.69, 9.17) is 19.8 Å². The Bertz CT molecular complexity index is 2120. The van der Waals surface area contributed by atoms with Gasteiger partial charge in [-0.3, -0.25) is 9.47 Å². The SMILES string of the molecule is O=S(=O)(c1cccc(-c2nnc(Sc3nc(CN4CCOCC4)nc4scc(-c5cccs5)c34)n2-c2ccccc2)c1)N1CCCC1. The monoisotopic (exact) mass is 701 g/mol. The third-order valence-electron chi connectivity index (χ3n) is 8.33. The van der Waals surface area contributed by atoms with Gasteiger partial charge in [0.15, 0.2) is 5.82 Å². The summed E-state index contributed by atoms with van der Waals surface area (Å²) in [4.78, 5) is 14.8. The van der Waals surface area contributed by atoms with Crippen molar-refractivity contribution in [1.29, 1.82) is 0 Å². The Morgan fingerprint density at radius 2 is 1.70 bits per heavy atom. The first-order valence-corrected chi connectivity index (χ1v) is 19.5. The van der Waals surface area contributed by atoms with E-state index < -0.39 is 10.0 Å². The van der Waals surface area contributed by atoms with Gasteiger partial charge in [-0.25, -0.2) is 18.4 Å². The van der Waals surface area contributed by atoms with Crippen LogP contribution in [-0.2, 0) is 21.3 Å². The molecule has 0 bridgehead atoms. The second kappa shape index (κ2) is 13.2. The van der Waals surface area contributed by atoms with Gasteiger partial charge in [0.05, 0.1) is 30.0 Å². The molecule has 0 atom stereocenters. The largest absolute Gasteiger partial charge is 0.379 e. The lowest BCUT2D eigenvalue weighted by molar-refractivity contribution is 0.0330. The summed E-state index contributed by atoms with van der Waals surface area (Å²) in [6.45, 7) is 4.81. The summed E-state index contributed by atoms with van der Waals surface area (Å²) in [6.07, 6.45) is 1.76. The minimum absolute atomic E-state index is 0.262. The third-order valence-corrected chi connectivity index (χ3v) is 12.9. The number of hydrogen-bond donors (Lipinski definition) is 0. The smallest absolute Gasteiger partial charge is 0.243 e. The van der Waals surface area contributed by atoms with E-state index in [2.05, 4.69) is 32.9 Å². The zero-order valence-electron chi connectivity index (χ0n) is 25.4. The van der Waals surface area contributed by atoms with E-state index in [9.17, 15) is 8.42 Å². The van der Waals surface area contributed by atoms with Gasteiger partial charge in [0.25, 0.3) is 0 Å². The van der Waals surface area contributed by atoms with Gasteiger partial charge >= 0.3 is 0 Å². The van der Waals surface area contributed by atoms with Crippen LogP contribution in [0.25, 0.3) is 37.7 Å². The van der Waals surface area contributed by atoms with Crippen molar-refractivity contribution in [2.75, 3.05) is 39.4 Å². The second-order valence-corrected chi connectivity index (χ2v) is 16.1. The average Bonchev–Trinajstić information content (AvgIpc) is 3.93. The summed E-state index contributed by atoms with van der Waals surface area (Å²) in [5, 5.41) is 16.0. The number of nitrogens with zero attached hydrogens (tertiary/aromatic N) is 7. The maximum atomic E-state index is 13.5. The Labute approximate surface area is 285 Å². The molecule has 47 heavy (non-hydrogen) atoms. The lowest BCUT2D eigenvalue weighted by Crippen LogP contribution is -2.36. The van der Waals surface area contributed by atoms with E-state index in [0.29, 0.717) is 49.4 Å². The van der Waals surface area contributed by atoms with Crippen LogP contribution in [0.15, 0.2) is 92.6 Å². The molecule has 2 fully saturated rings. The number of para-hydroxylation sites is 1. The van der Waals surface area contributed by atoms with Crippen LogP contribution in [0.4, 0.5) is 0 Å². The number of morpholine rings is 1. The molecule has 14 heteroatoms. The molecule has 2 aliphatic heterocycles. The van der Waals surface area contributed by atoms with Crippen molar-refractivity contribution in [3.63, 3.8) is 0 Å². The fourth-order valence-corrected chi connectivity index (χ4v) is 10.4. The van der Waals surface area contributed by atoms with E-state index in [1.165, 1.54) is 11.8 Å². The van der Waals surface area contributed by atoms with Crippen LogP contribution in [0.1, 0.15) is 18.7 Å². The van der Waals surface area contributed by atoms with Crippen LogP contribution in [0, 0.1) is 0 Å². The predicted octanol–water partition coefficient (Wildman–Crippen LogP) is 6.44. The van der Waals surface area contributed by atoms with Crippen molar-refractivity contribution in [3.8, 4) is 27.5 Å². The second-order valence-electron chi connectivity index (χ2n) is 11.4. The number of benzene rings is 2. The number of fused-ring (bicyclic) bond motifs is 1. The third kappa shape index (κ3) is 6.15. The van der Waals surface area contributed by atoms with Gasteiger partial charge in [-0.15, -0.1) is 32.9 Å². The fourth-order valence-electron chi connectivity index (χ4n) is 5.96. The normalized spacial score (nSPS) is 16.3. The first-order valence-electron chi connectivity index (χ1n) is 15.5. The molecule has 2 aromatic carbocycles. The minimum Gasteiger partial charge on any atom is -0.379 e. The number of aromatic nitrogens is 5. The molecule has 6 aromatic rings. The van der Waals surface area contributed by atoms with Gasteiger partial charge in [0.2, 0.25) is 15.2 Å². The van der Waals surface area contributed by atoms with Crippen LogP contribution >= 0.6 is 34.4 Å². The molecule has 0 N–H and O–H groups in total. The van der Waals surface area contributed by atoms with Gasteiger partial charge < -0.3 is 4.74 Å². The van der Waals surface area contributed by atoms with E-state index in [1.54, 1.807) is 45.2 Å². The molecule has 2 aliphatic rings. The summed E-state index contributed by atoms with van der Waals surface area (Å²) in [5.41, 5.74) is 2.64. The predicted molar refractivity (Wildman–Crippen MR) is 186 cm³/mol. The molecule has 4 aromatic heterocycles. The van der Waals surface area contributed by atoms with Gasteiger partial charge in [-0.2, -0.15) is 4.31 Å². The molecular formula is C33H31N7O3S4. The van der Waals surface area contributed by atoms with Gasteiger partial charge in [0.1, 0.15) is 15.7 Å². The van der Waals surface area contributed by atoms with Gasteiger partial charge in [-0.1, -0.05) is 36.4 Å². The summed E-state index contributed by atoms with van der Waals surface area (Å²) >= 11 is 4.77. The lowest BCUT2D eigenvalue weighted by atomic mass is 10.2. The van der Waals surface area contributed by atoms with Crippen LogP contribution in [-0.4, -0.2) is 81.7 Å². The highest BCUT2D eigenvalue weighted by atomic mass is 32.2. The van der Waals surface area contributed by atoms with E-state index in [1.807, 2.05) is 41.0 Å². The summed E-state index contributed by atoms with van der Waals surface area (Å²) in [5.74, 6) is 1.31. The van der Waals surface area contributed by atoms with E-state index in [-0.39, 0.29) is 4.90 Å². The standard InChI is InChI=1S/C33H31N7O3S4/c41-47(42,39-13-4-5-14-39)25-11-6-8-23(20-25)30-36-37-33(40(30)24-9-2-1-3-10-24)46-32-29-26(27-12-7-19-44-27)22-45-31(29)34-28(35-32)21-38-15-17-43-18-16-38/h1-3,6-12,19-20,22H,4-5,13-18,21H2. The molecule has 240 valence electrons. The molecule has 0 spiro atoms. The summed E-state index contributed by atoms with van der Waals surface area (Å²) in [7, 11) is -3.61. The molecule has 8 rings (SSSR count). The zero-order chi connectivity index (χ0) is 31.8. The zero-order valence-corrected chi connectivity index (χ0v) is 28.6. The molecule has 6 heterocycles. The molecular weight excluding hydrogens is 671 g/mol. The number of ether oxygens (including phenoxy) is 1. The van der Waals surface area contributed by atoms with Crippen molar-refractivity contribution >= 4 is 54.7 Å². The van der Waals surface area contributed by atoms with E-state index in [0.717, 1.165) is 63.1 Å². The summed E-state index contributed by atoms with van der Waals surface area (Å²) < 4.78 is 36.1. The Kier molecular flexibility index (Phi) is 8.64. The quantitative estimate of drug-likeness (QED) is 0.158. The van der Waals surface area contributed by atoms with Gasteiger partial charge in [-0.05, 0) is 60.3 Å².